The van der Waals surface area contributed by atoms with Gasteiger partial charge in [-0.25, -0.2) is 4.98 Å². The van der Waals surface area contributed by atoms with E-state index in [9.17, 15) is 5.11 Å². The second kappa shape index (κ2) is 17.1. The summed E-state index contributed by atoms with van der Waals surface area (Å²) >= 11 is 0. The van der Waals surface area contributed by atoms with Crippen LogP contribution in [0.3, 0.4) is 0 Å². The van der Waals surface area contributed by atoms with Crippen molar-refractivity contribution in [2.45, 2.75) is 112 Å². The van der Waals surface area contributed by atoms with Gasteiger partial charge in [0.25, 0.3) is 0 Å². The van der Waals surface area contributed by atoms with E-state index in [1.807, 2.05) is 12.3 Å². The van der Waals surface area contributed by atoms with Crippen LogP contribution in [0.15, 0.2) is 134 Å². The number of pyridine rings is 1. The number of hydrogen-bond acceptors (Lipinski definition) is 3. The SMILES string of the molecule is Cc1ccnc(-c2[c-]c(-c3cc(-c4ccccc4)cc4c3nc(-c3cc(C(C)(C)C)cc(C(C)(C)C)c3O)n4-c3cc(C(C)(C)C)cc(C(C)(C)C)c3)cc(-c3ccccc3)c2)c1.[Pt]. The quantitative estimate of drug-likeness (QED) is 0.169. The summed E-state index contributed by atoms with van der Waals surface area (Å²) in [7, 11) is 0. The Bertz CT molecular complexity index is 2950. The average Bonchev–Trinajstić information content (AvgIpc) is 3.61. The largest absolute Gasteiger partial charge is 0.507 e. The number of aromatic nitrogens is 3. The topological polar surface area (TPSA) is 50.9 Å². The predicted octanol–water partition coefficient (Wildman–Crippen LogP) is 15.8. The minimum atomic E-state index is -0.332. The third-order valence-electron chi connectivity index (χ3n) is 12.3. The molecule has 0 aliphatic rings. The molecule has 4 nitrogen and oxygen atoms in total. The van der Waals surface area contributed by atoms with Gasteiger partial charge in [0.15, 0.2) is 0 Å². The molecule has 8 aromatic rings. The van der Waals surface area contributed by atoms with E-state index in [2.05, 4.69) is 222 Å². The third-order valence-corrected chi connectivity index (χ3v) is 12.3. The number of phenolic OH excluding ortho intramolecular Hbond substituents is 1. The molecule has 0 fully saturated rings. The molecule has 1 N–H and O–H groups in total. The summed E-state index contributed by atoms with van der Waals surface area (Å²) in [6.45, 7) is 29.0. The van der Waals surface area contributed by atoms with E-state index in [1.54, 1.807) is 0 Å². The van der Waals surface area contributed by atoms with E-state index >= 15 is 0 Å². The maximum Gasteiger partial charge on any atom is 0.148 e. The molecule has 64 heavy (non-hydrogen) atoms. The van der Waals surface area contributed by atoms with Gasteiger partial charge in [-0.05, 0) is 92.3 Å². The normalized spacial score (nSPS) is 12.4. The second-order valence-electron chi connectivity index (χ2n) is 21.5. The van der Waals surface area contributed by atoms with Crippen LogP contribution in [0.5, 0.6) is 5.75 Å². The number of rotatable bonds is 6. The predicted molar refractivity (Wildman–Crippen MR) is 266 cm³/mol. The summed E-state index contributed by atoms with van der Waals surface area (Å²) in [5, 5.41) is 12.6. The van der Waals surface area contributed by atoms with Crippen LogP contribution in [0.2, 0.25) is 0 Å². The Labute approximate surface area is 396 Å². The molecule has 0 aliphatic carbocycles. The minimum absolute atomic E-state index is 0. The van der Waals surface area contributed by atoms with E-state index in [0.29, 0.717) is 11.4 Å². The van der Waals surface area contributed by atoms with Gasteiger partial charge in [-0.3, -0.25) is 9.55 Å². The van der Waals surface area contributed by atoms with Gasteiger partial charge in [-0.15, -0.1) is 23.8 Å². The fourth-order valence-corrected chi connectivity index (χ4v) is 8.37. The molecule has 2 heterocycles. The summed E-state index contributed by atoms with van der Waals surface area (Å²) in [5.41, 5.74) is 16.3. The molecule has 0 atom stereocenters. The van der Waals surface area contributed by atoms with Crippen LogP contribution in [0.1, 0.15) is 111 Å². The zero-order valence-electron chi connectivity index (χ0n) is 39.8. The summed E-state index contributed by atoms with van der Waals surface area (Å²) in [6.07, 6.45) is 1.87. The molecule has 8 rings (SSSR count). The number of fused-ring (bicyclic) bond motifs is 1. The maximum atomic E-state index is 12.6. The van der Waals surface area contributed by atoms with Crippen molar-refractivity contribution in [2.75, 3.05) is 0 Å². The van der Waals surface area contributed by atoms with Crippen LogP contribution in [-0.2, 0) is 42.7 Å². The Balaban J connectivity index is 0.00000612. The van der Waals surface area contributed by atoms with Crippen LogP contribution in [0.25, 0.3) is 72.7 Å². The molecule has 0 aliphatic heterocycles. The van der Waals surface area contributed by atoms with Gasteiger partial charge >= 0.3 is 0 Å². The summed E-state index contributed by atoms with van der Waals surface area (Å²) in [4.78, 5) is 10.6. The van der Waals surface area contributed by atoms with E-state index in [0.717, 1.165) is 78.0 Å². The van der Waals surface area contributed by atoms with Crippen molar-refractivity contribution >= 4 is 11.0 Å². The van der Waals surface area contributed by atoms with Crippen LogP contribution in [0, 0.1) is 13.0 Å². The molecular formula is C59H62N3OPt-. The molecular weight excluding hydrogens is 962 g/mol. The van der Waals surface area contributed by atoms with Crippen LogP contribution in [0.4, 0.5) is 0 Å². The maximum absolute atomic E-state index is 12.6. The van der Waals surface area contributed by atoms with Crippen molar-refractivity contribution in [3.8, 4) is 67.5 Å². The van der Waals surface area contributed by atoms with Crippen molar-refractivity contribution in [2.24, 2.45) is 0 Å². The smallest absolute Gasteiger partial charge is 0.148 e. The molecule has 0 saturated heterocycles. The molecule has 0 saturated carbocycles. The van der Waals surface area contributed by atoms with Gasteiger partial charge in [0, 0.05) is 44.2 Å². The summed E-state index contributed by atoms with van der Waals surface area (Å²) in [5.74, 6) is 0.946. The molecule has 0 amide bonds. The van der Waals surface area contributed by atoms with Crippen LogP contribution >= 0.6 is 0 Å². The Morgan fingerprint density at radius 2 is 1.05 bits per heavy atom. The van der Waals surface area contributed by atoms with E-state index in [-0.39, 0.29) is 48.5 Å². The van der Waals surface area contributed by atoms with Gasteiger partial charge in [0.05, 0.1) is 16.6 Å². The van der Waals surface area contributed by atoms with Crippen LogP contribution < -0.4 is 0 Å². The van der Waals surface area contributed by atoms with Crippen molar-refractivity contribution in [1.29, 1.82) is 0 Å². The standard InChI is InChI=1S/C59H62N3O.Pt/c1-37-24-25-60-51(26-37)43-28-40(38-20-16-14-17-21-38)27-42(29-43)48-30-41(39-22-18-15-19-23-39)31-52-53(48)61-55(49-35-46(58(8,9)10)36-50(54(49)63)59(11,12)13)62(52)47-33-44(56(2,3)4)32-45(34-47)57(5,6)7;/h14-28,30-36,63H,1-13H3;/q-1;. The van der Waals surface area contributed by atoms with Gasteiger partial charge < -0.3 is 5.11 Å². The number of imidazole rings is 1. The summed E-state index contributed by atoms with van der Waals surface area (Å²) in [6, 6.07) is 49.5. The molecule has 6 aromatic carbocycles. The minimum Gasteiger partial charge on any atom is -0.507 e. The van der Waals surface area contributed by atoms with E-state index in [1.165, 1.54) is 11.1 Å². The summed E-state index contributed by atoms with van der Waals surface area (Å²) < 4.78 is 2.31. The number of aromatic hydroxyl groups is 1. The van der Waals surface area contributed by atoms with Crippen molar-refractivity contribution in [3.05, 3.63) is 167 Å². The number of nitrogens with zero attached hydrogens (tertiary/aromatic N) is 3. The van der Waals surface area contributed by atoms with Gasteiger partial charge in [-0.2, -0.15) is 0 Å². The molecule has 0 spiro atoms. The first-order chi connectivity index (χ1) is 29.6. The third kappa shape index (κ3) is 9.31. The molecule has 0 unspecified atom stereocenters. The first-order valence-corrected chi connectivity index (χ1v) is 22.3. The molecule has 0 bridgehead atoms. The number of hydrogen-bond donors (Lipinski definition) is 1. The first kappa shape index (κ1) is 46.4. The van der Waals surface area contributed by atoms with Crippen molar-refractivity contribution in [3.63, 3.8) is 0 Å². The van der Waals surface area contributed by atoms with E-state index < -0.39 is 0 Å². The van der Waals surface area contributed by atoms with Gasteiger partial charge in [0.2, 0.25) is 0 Å². The van der Waals surface area contributed by atoms with Crippen molar-refractivity contribution < 1.29 is 26.2 Å². The second-order valence-corrected chi connectivity index (χ2v) is 21.5. The fraction of sp³-hybridized carbons (Fsp3) is 0.288. The Morgan fingerprint density at radius 1 is 0.516 bits per heavy atom. The number of benzene rings is 6. The molecule has 5 heteroatoms. The molecule has 2 aromatic heterocycles. The average molecular weight is 1020 g/mol. The monoisotopic (exact) mass is 1020 g/mol. The number of phenols is 1. The Kier molecular flexibility index (Phi) is 12.4. The first-order valence-electron chi connectivity index (χ1n) is 22.3. The van der Waals surface area contributed by atoms with Crippen molar-refractivity contribution in [1.82, 2.24) is 14.5 Å². The zero-order chi connectivity index (χ0) is 45.2. The van der Waals surface area contributed by atoms with Gasteiger partial charge in [0.1, 0.15) is 11.6 Å². The van der Waals surface area contributed by atoms with E-state index in [4.69, 9.17) is 9.97 Å². The zero-order valence-corrected chi connectivity index (χ0v) is 42.1. The molecule has 0 radical (unpaired) electrons. The number of aryl methyl sites for hydroxylation is 1. The van der Waals surface area contributed by atoms with Gasteiger partial charge in [-0.1, -0.05) is 190 Å². The fourth-order valence-electron chi connectivity index (χ4n) is 8.37. The Morgan fingerprint density at radius 3 is 1.58 bits per heavy atom. The van der Waals surface area contributed by atoms with Crippen LogP contribution in [-0.4, -0.2) is 19.6 Å². The Hall–Kier alpha value is -5.57. The molecule has 330 valence electrons.